The average molecular weight is 165 g/mol. The van der Waals surface area contributed by atoms with Gasteiger partial charge in [0.05, 0.1) is 0 Å². The van der Waals surface area contributed by atoms with Gasteiger partial charge in [-0.05, 0) is 17.9 Å². The molecule has 1 aromatic rings. The monoisotopic (exact) mass is 165 g/mol. The predicted octanol–water partition coefficient (Wildman–Crippen LogP) is 2.05. The fourth-order valence-electron chi connectivity index (χ4n) is 1.23. The lowest BCUT2D eigenvalue weighted by Crippen LogP contribution is -1.86. The molecule has 1 atom stereocenters. The number of benzene rings is 1. The highest BCUT2D eigenvalue weighted by Crippen LogP contribution is 2.30. The molecule has 1 aromatic carbocycles. The van der Waals surface area contributed by atoms with Crippen LogP contribution in [0.25, 0.3) is 0 Å². The first-order valence-electron chi connectivity index (χ1n) is 3.78. The molecule has 2 rings (SSSR count). The van der Waals surface area contributed by atoms with E-state index in [0.717, 1.165) is 6.54 Å². The van der Waals surface area contributed by atoms with Gasteiger partial charge in [0, 0.05) is 17.5 Å². The molecule has 1 saturated heterocycles. The van der Waals surface area contributed by atoms with Crippen molar-refractivity contribution >= 4 is 11.8 Å². The summed E-state index contributed by atoms with van der Waals surface area (Å²) in [6, 6.07) is 9.22. The van der Waals surface area contributed by atoms with Gasteiger partial charge < -0.3 is 5.32 Å². The quantitative estimate of drug-likeness (QED) is 0.535. The first kappa shape index (κ1) is 7.19. The van der Waals surface area contributed by atoms with Gasteiger partial charge in [-0.15, -0.1) is 11.8 Å². The zero-order valence-electron chi connectivity index (χ0n) is 6.50. The number of hydrogen-bond acceptors (Lipinski definition) is 2. The molecule has 1 N–H and O–H groups in total. The van der Waals surface area contributed by atoms with Gasteiger partial charge in [0.2, 0.25) is 0 Å². The van der Waals surface area contributed by atoms with Crippen molar-refractivity contribution in [2.75, 3.05) is 12.8 Å². The average Bonchev–Trinajstić information content (AvgIpc) is 2.87. The normalized spacial score (nSPS) is 21.7. The van der Waals surface area contributed by atoms with Gasteiger partial charge in [-0.1, -0.05) is 18.2 Å². The summed E-state index contributed by atoms with van der Waals surface area (Å²) in [6.07, 6.45) is 2.13. The Morgan fingerprint density at radius 1 is 1.45 bits per heavy atom. The molecule has 1 fully saturated rings. The largest absolute Gasteiger partial charge is 0.307 e. The molecule has 1 aliphatic heterocycles. The van der Waals surface area contributed by atoms with Crippen molar-refractivity contribution < 1.29 is 0 Å². The van der Waals surface area contributed by atoms with Crippen molar-refractivity contribution in [3.05, 3.63) is 29.8 Å². The molecule has 0 spiro atoms. The lowest BCUT2D eigenvalue weighted by Gasteiger charge is -2.02. The van der Waals surface area contributed by atoms with E-state index in [-0.39, 0.29) is 0 Å². The molecule has 0 unspecified atom stereocenters. The second kappa shape index (κ2) is 2.88. The fourth-order valence-corrected chi connectivity index (χ4v) is 1.89. The van der Waals surface area contributed by atoms with Crippen LogP contribution < -0.4 is 5.32 Å². The standard InChI is InChI=1S/C9H11NS/c1-11-9-5-3-2-4-7(9)8-6-10-8/h2-5,8,10H,6H2,1H3/t8-/m1/s1. The van der Waals surface area contributed by atoms with Gasteiger partial charge in [0.25, 0.3) is 0 Å². The van der Waals surface area contributed by atoms with Crippen molar-refractivity contribution in [1.82, 2.24) is 5.32 Å². The highest BCUT2D eigenvalue weighted by atomic mass is 32.2. The van der Waals surface area contributed by atoms with Gasteiger partial charge in [0.1, 0.15) is 0 Å². The van der Waals surface area contributed by atoms with E-state index in [1.54, 1.807) is 0 Å². The van der Waals surface area contributed by atoms with Gasteiger partial charge in [-0.2, -0.15) is 0 Å². The van der Waals surface area contributed by atoms with Crippen LogP contribution in [0.15, 0.2) is 29.2 Å². The summed E-state index contributed by atoms with van der Waals surface area (Å²) in [7, 11) is 0. The van der Waals surface area contributed by atoms with E-state index in [1.807, 2.05) is 11.8 Å². The van der Waals surface area contributed by atoms with Crippen LogP contribution in [0.4, 0.5) is 0 Å². The van der Waals surface area contributed by atoms with Crippen LogP contribution >= 0.6 is 11.8 Å². The zero-order valence-corrected chi connectivity index (χ0v) is 7.32. The number of thioether (sulfide) groups is 1. The Kier molecular flexibility index (Phi) is 1.88. The predicted molar refractivity (Wildman–Crippen MR) is 49.0 cm³/mol. The van der Waals surface area contributed by atoms with Crippen LogP contribution in [0.5, 0.6) is 0 Å². The molecule has 2 heteroatoms. The Labute approximate surface area is 71.2 Å². The van der Waals surface area contributed by atoms with E-state index >= 15 is 0 Å². The lowest BCUT2D eigenvalue weighted by atomic mass is 10.2. The van der Waals surface area contributed by atoms with Crippen LogP contribution in [-0.4, -0.2) is 12.8 Å². The van der Waals surface area contributed by atoms with Gasteiger partial charge >= 0.3 is 0 Å². The third-order valence-electron chi connectivity index (χ3n) is 1.92. The summed E-state index contributed by atoms with van der Waals surface area (Å²) in [5.74, 6) is 0. The van der Waals surface area contributed by atoms with Gasteiger partial charge in [-0.25, -0.2) is 0 Å². The summed E-state index contributed by atoms with van der Waals surface area (Å²) in [6.45, 7) is 1.15. The van der Waals surface area contributed by atoms with E-state index in [9.17, 15) is 0 Å². The molecule has 0 amide bonds. The van der Waals surface area contributed by atoms with Crippen LogP contribution in [0, 0.1) is 0 Å². The van der Waals surface area contributed by atoms with Gasteiger partial charge in [0.15, 0.2) is 0 Å². The summed E-state index contributed by atoms with van der Waals surface area (Å²) >= 11 is 1.82. The molecule has 0 bridgehead atoms. The van der Waals surface area contributed by atoms with Crippen LogP contribution in [0.3, 0.4) is 0 Å². The summed E-state index contributed by atoms with van der Waals surface area (Å²) < 4.78 is 0. The third kappa shape index (κ3) is 1.42. The molecule has 1 nitrogen and oxygen atoms in total. The van der Waals surface area contributed by atoms with E-state index < -0.39 is 0 Å². The minimum atomic E-state index is 0.638. The molecule has 11 heavy (non-hydrogen) atoms. The summed E-state index contributed by atoms with van der Waals surface area (Å²) in [5, 5.41) is 3.31. The van der Waals surface area contributed by atoms with E-state index in [0.29, 0.717) is 6.04 Å². The highest BCUT2D eigenvalue weighted by molar-refractivity contribution is 7.98. The Bertz CT molecular complexity index is 255. The zero-order chi connectivity index (χ0) is 7.68. The summed E-state index contributed by atoms with van der Waals surface area (Å²) in [5.41, 5.74) is 1.46. The third-order valence-corrected chi connectivity index (χ3v) is 2.73. The number of nitrogens with one attached hydrogen (secondary N) is 1. The van der Waals surface area contributed by atoms with Crippen molar-refractivity contribution in [2.45, 2.75) is 10.9 Å². The van der Waals surface area contributed by atoms with Gasteiger partial charge in [-0.3, -0.25) is 0 Å². The molecule has 0 aromatic heterocycles. The Morgan fingerprint density at radius 2 is 2.18 bits per heavy atom. The topological polar surface area (TPSA) is 21.9 Å². The molecule has 1 heterocycles. The molecule has 0 aliphatic carbocycles. The van der Waals surface area contributed by atoms with Crippen LogP contribution in [0.2, 0.25) is 0 Å². The van der Waals surface area contributed by atoms with Crippen LogP contribution in [-0.2, 0) is 0 Å². The first-order chi connectivity index (χ1) is 5.42. The Morgan fingerprint density at radius 3 is 2.82 bits per heavy atom. The molecule has 1 aliphatic rings. The van der Waals surface area contributed by atoms with E-state index in [2.05, 4.69) is 35.8 Å². The maximum Gasteiger partial charge on any atom is 0.0458 e. The second-order valence-corrected chi connectivity index (χ2v) is 3.55. The Hall–Kier alpha value is -0.470. The van der Waals surface area contributed by atoms with Crippen molar-refractivity contribution in [2.24, 2.45) is 0 Å². The van der Waals surface area contributed by atoms with Crippen molar-refractivity contribution in [3.63, 3.8) is 0 Å². The number of rotatable bonds is 2. The van der Waals surface area contributed by atoms with Crippen molar-refractivity contribution in [1.29, 1.82) is 0 Å². The fraction of sp³-hybridized carbons (Fsp3) is 0.333. The highest BCUT2D eigenvalue weighted by Gasteiger charge is 2.23. The minimum Gasteiger partial charge on any atom is -0.307 e. The maximum absolute atomic E-state index is 3.31. The molecular formula is C9H11NS. The van der Waals surface area contributed by atoms with E-state index in [4.69, 9.17) is 0 Å². The first-order valence-corrected chi connectivity index (χ1v) is 5.00. The smallest absolute Gasteiger partial charge is 0.0458 e. The lowest BCUT2D eigenvalue weighted by molar-refractivity contribution is 1.03. The second-order valence-electron chi connectivity index (χ2n) is 2.70. The molecular weight excluding hydrogens is 154 g/mol. The Balaban J connectivity index is 2.34. The molecule has 0 saturated carbocycles. The maximum atomic E-state index is 3.31. The minimum absolute atomic E-state index is 0.638. The van der Waals surface area contributed by atoms with Crippen LogP contribution in [0.1, 0.15) is 11.6 Å². The van der Waals surface area contributed by atoms with Crippen molar-refractivity contribution in [3.8, 4) is 0 Å². The number of hydrogen-bond donors (Lipinski definition) is 1. The molecule has 0 radical (unpaired) electrons. The summed E-state index contributed by atoms with van der Waals surface area (Å²) in [4.78, 5) is 1.41. The molecule has 58 valence electrons. The van der Waals surface area contributed by atoms with E-state index in [1.165, 1.54) is 10.5 Å². The SMILES string of the molecule is CSc1ccccc1[C@H]1CN1.